The fraction of sp³-hybridized carbons (Fsp3) is 0.417. The predicted octanol–water partition coefficient (Wildman–Crippen LogP) is 3.34. The maximum Gasteiger partial charge on any atom is 0.317 e. The maximum absolute atomic E-state index is 12.9. The molecule has 0 saturated carbocycles. The zero-order valence-electron chi connectivity index (χ0n) is 9.53. The van der Waals surface area contributed by atoms with E-state index in [0.717, 1.165) is 10.5 Å². The summed E-state index contributed by atoms with van der Waals surface area (Å²) in [6.45, 7) is 5.51. The van der Waals surface area contributed by atoms with Gasteiger partial charge in [-0.05, 0) is 36.6 Å². The first kappa shape index (κ1) is 13.0. The summed E-state index contributed by atoms with van der Waals surface area (Å²) in [6.07, 6.45) is 0. The summed E-state index contributed by atoms with van der Waals surface area (Å²) in [5.41, 5.74) is 0.775. The highest BCUT2D eigenvalue weighted by Gasteiger charge is 2.23. The summed E-state index contributed by atoms with van der Waals surface area (Å²) in [5.74, 6) is -1.09. The third kappa shape index (κ3) is 3.23. The highest BCUT2D eigenvalue weighted by Crippen LogP contribution is 2.31. The van der Waals surface area contributed by atoms with Crippen molar-refractivity contribution in [2.75, 3.05) is 0 Å². The Kier molecular flexibility index (Phi) is 4.35. The lowest BCUT2D eigenvalue weighted by Crippen LogP contribution is -2.22. The van der Waals surface area contributed by atoms with Crippen LogP contribution in [-0.4, -0.2) is 16.3 Å². The third-order valence-corrected chi connectivity index (χ3v) is 3.95. The Hall–Kier alpha value is -1.03. The SMILES string of the molecule is Cc1cc(F)ccc1SC(C(=O)O)C(C)C. The molecule has 0 radical (unpaired) electrons. The number of hydrogen-bond donors (Lipinski definition) is 1. The number of carboxylic acid groups (broad SMARTS) is 1. The number of carboxylic acids is 1. The topological polar surface area (TPSA) is 37.3 Å². The molecule has 1 aromatic rings. The molecule has 0 amide bonds. The van der Waals surface area contributed by atoms with Gasteiger partial charge in [-0.1, -0.05) is 13.8 Å². The van der Waals surface area contributed by atoms with Gasteiger partial charge in [0.05, 0.1) is 0 Å². The molecule has 0 saturated heterocycles. The summed E-state index contributed by atoms with van der Waals surface area (Å²) in [6, 6.07) is 4.41. The van der Waals surface area contributed by atoms with Gasteiger partial charge in [0.15, 0.2) is 0 Å². The Labute approximate surface area is 98.9 Å². The number of benzene rings is 1. The molecule has 1 unspecified atom stereocenters. The number of rotatable bonds is 4. The lowest BCUT2D eigenvalue weighted by Gasteiger charge is -2.16. The summed E-state index contributed by atoms with van der Waals surface area (Å²) in [4.78, 5) is 11.9. The highest BCUT2D eigenvalue weighted by atomic mass is 32.2. The molecule has 1 rings (SSSR count). The molecule has 0 fully saturated rings. The Balaban J connectivity index is 2.90. The molecule has 0 spiro atoms. The molecule has 0 aliphatic heterocycles. The van der Waals surface area contributed by atoms with Gasteiger partial charge in [0.1, 0.15) is 11.1 Å². The van der Waals surface area contributed by atoms with E-state index in [-0.39, 0.29) is 11.7 Å². The summed E-state index contributed by atoms with van der Waals surface area (Å²) >= 11 is 1.27. The quantitative estimate of drug-likeness (QED) is 0.823. The van der Waals surface area contributed by atoms with Crippen LogP contribution in [0.25, 0.3) is 0 Å². The summed E-state index contributed by atoms with van der Waals surface area (Å²) in [5, 5.41) is 8.56. The van der Waals surface area contributed by atoms with Crippen molar-refractivity contribution < 1.29 is 14.3 Å². The molecule has 1 aromatic carbocycles. The van der Waals surface area contributed by atoms with Crippen LogP contribution in [0.3, 0.4) is 0 Å². The normalized spacial score (nSPS) is 12.8. The van der Waals surface area contributed by atoms with E-state index in [1.54, 1.807) is 13.0 Å². The highest BCUT2D eigenvalue weighted by molar-refractivity contribution is 8.00. The second-order valence-electron chi connectivity index (χ2n) is 4.03. The van der Waals surface area contributed by atoms with E-state index in [4.69, 9.17) is 5.11 Å². The minimum absolute atomic E-state index is 0.0342. The molecule has 0 heterocycles. The van der Waals surface area contributed by atoms with Crippen molar-refractivity contribution in [2.24, 2.45) is 5.92 Å². The molecule has 0 aromatic heterocycles. The van der Waals surface area contributed by atoms with E-state index < -0.39 is 11.2 Å². The molecule has 0 bridgehead atoms. The van der Waals surface area contributed by atoms with E-state index >= 15 is 0 Å². The largest absolute Gasteiger partial charge is 0.480 e. The van der Waals surface area contributed by atoms with Crippen molar-refractivity contribution in [1.29, 1.82) is 0 Å². The zero-order valence-corrected chi connectivity index (χ0v) is 10.3. The summed E-state index contributed by atoms with van der Waals surface area (Å²) in [7, 11) is 0. The minimum atomic E-state index is -0.830. The predicted molar refractivity (Wildman–Crippen MR) is 63.3 cm³/mol. The molecule has 1 atom stereocenters. The smallest absolute Gasteiger partial charge is 0.317 e. The average Bonchev–Trinajstić information content (AvgIpc) is 2.15. The molecule has 2 nitrogen and oxygen atoms in total. The zero-order chi connectivity index (χ0) is 12.3. The van der Waals surface area contributed by atoms with Gasteiger partial charge >= 0.3 is 5.97 Å². The van der Waals surface area contributed by atoms with Crippen LogP contribution in [0.1, 0.15) is 19.4 Å². The van der Waals surface area contributed by atoms with Gasteiger partial charge in [-0.25, -0.2) is 4.39 Å². The van der Waals surface area contributed by atoms with Crippen LogP contribution in [0.5, 0.6) is 0 Å². The van der Waals surface area contributed by atoms with Gasteiger partial charge in [-0.3, -0.25) is 4.79 Å². The van der Waals surface area contributed by atoms with Crippen LogP contribution >= 0.6 is 11.8 Å². The second-order valence-corrected chi connectivity index (χ2v) is 5.21. The Morgan fingerprint density at radius 3 is 2.50 bits per heavy atom. The molecular formula is C12H15FO2S. The van der Waals surface area contributed by atoms with Gasteiger partial charge in [0, 0.05) is 4.90 Å². The van der Waals surface area contributed by atoms with Crippen molar-refractivity contribution in [1.82, 2.24) is 0 Å². The number of thioether (sulfide) groups is 1. The minimum Gasteiger partial charge on any atom is -0.480 e. The van der Waals surface area contributed by atoms with E-state index in [2.05, 4.69) is 0 Å². The van der Waals surface area contributed by atoms with E-state index in [0.29, 0.717) is 0 Å². The van der Waals surface area contributed by atoms with Crippen LogP contribution in [0.4, 0.5) is 4.39 Å². The van der Waals surface area contributed by atoms with Gasteiger partial charge in [-0.2, -0.15) is 0 Å². The molecule has 1 N–H and O–H groups in total. The van der Waals surface area contributed by atoms with Crippen molar-refractivity contribution in [2.45, 2.75) is 30.9 Å². The van der Waals surface area contributed by atoms with Crippen molar-refractivity contribution in [3.8, 4) is 0 Å². The summed E-state index contributed by atoms with van der Waals surface area (Å²) < 4.78 is 12.9. The van der Waals surface area contributed by atoms with Gasteiger partial charge < -0.3 is 5.11 Å². The molecule has 16 heavy (non-hydrogen) atoms. The van der Waals surface area contributed by atoms with Gasteiger partial charge in [0.25, 0.3) is 0 Å². The average molecular weight is 242 g/mol. The van der Waals surface area contributed by atoms with Crippen LogP contribution in [0.2, 0.25) is 0 Å². The van der Waals surface area contributed by atoms with E-state index in [1.165, 1.54) is 23.9 Å². The first-order valence-corrected chi connectivity index (χ1v) is 5.95. The van der Waals surface area contributed by atoms with Crippen LogP contribution < -0.4 is 0 Å². The van der Waals surface area contributed by atoms with Gasteiger partial charge in [-0.15, -0.1) is 11.8 Å². The number of hydrogen-bond acceptors (Lipinski definition) is 2. The fourth-order valence-corrected chi connectivity index (χ4v) is 2.39. The maximum atomic E-state index is 12.9. The number of aliphatic carboxylic acids is 1. The Morgan fingerprint density at radius 1 is 1.44 bits per heavy atom. The van der Waals surface area contributed by atoms with Crippen LogP contribution in [-0.2, 0) is 4.79 Å². The lowest BCUT2D eigenvalue weighted by atomic mass is 10.1. The first-order chi connectivity index (χ1) is 7.41. The van der Waals surface area contributed by atoms with E-state index in [9.17, 15) is 9.18 Å². The Bertz CT molecular complexity index is 391. The Morgan fingerprint density at radius 2 is 2.06 bits per heavy atom. The van der Waals surface area contributed by atoms with Crippen molar-refractivity contribution >= 4 is 17.7 Å². The number of carbonyl (C=O) groups is 1. The monoisotopic (exact) mass is 242 g/mol. The van der Waals surface area contributed by atoms with Crippen molar-refractivity contribution in [3.05, 3.63) is 29.6 Å². The molecular weight excluding hydrogens is 227 g/mol. The van der Waals surface area contributed by atoms with E-state index in [1.807, 2.05) is 13.8 Å². The molecule has 88 valence electrons. The number of halogens is 1. The lowest BCUT2D eigenvalue weighted by molar-refractivity contribution is -0.137. The third-order valence-electron chi connectivity index (χ3n) is 2.24. The first-order valence-electron chi connectivity index (χ1n) is 5.07. The fourth-order valence-electron chi connectivity index (χ4n) is 1.35. The molecule has 4 heteroatoms. The second kappa shape index (κ2) is 5.34. The molecule has 0 aliphatic rings. The van der Waals surface area contributed by atoms with Crippen LogP contribution in [0, 0.1) is 18.7 Å². The van der Waals surface area contributed by atoms with Gasteiger partial charge in [0.2, 0.25) is 0 Å². The van der Waals surface area contributed by atoms with Crippen LogP contribution in [0.15, 0.2) is 23.1 Å². The number of aryl methyl sites for hydroxylation is 1. The standard InChI is InChI=1S/C12H15FO2S/c1-7(2)11(12(14)15)16-10-5-4-9(13)6-8(10)3/h4-7,11H,1-3H3,(H,14,15). The van der Waals surface area contributed by atoms with Crippen molar-refractivity contribution in [3.63, 3.8) is 0 Å². The molecule has 0 aliphatic carbocycles.